The number of aliphatic hydroxyl groups is 1. The molecule has 1 aliphatic carbocycles. The summed E-state index contributed by atoms with van der Waals surface area (Å²) in [5, 5.41) is 9.62. The lowest BCUT2D eigenvalue weighted by molar-refractivity contribution is -0.120. The molecule has 2 aliphatic heterocycles. The van der Waals surface area contributed by atoms with Crippen LogP contribution in [0.4, 0.5) is 0 Å². The molecule has 0 aromatic rings. The van der Waals surface area contributed by atoms with Gasteiger partial charge in [-0.1, -0.05) is 0 Å². The molecule has 1 amide bonds. The van der Waals surface area contributed by atoms with Crippen LogP contribution in [0.1, 0.15) is 44.9 Å². The van der Waals surface area contributed by atoms with Crippen molar-refractivity contribution in [2.24, 2.45) is 0 Å². The molecule has 2 saturated heterocycles. The van der Waals surface area contributed by atoms with Crippen LogP contribution in [-0.2, 0) is 4.79 Å². The van der Waals surface area contributed by atoms with Gasteiger partial charge in [0, 0.05) is 24.7 Å². The molecule has 3 fully saturated rings. The van der Waals surface area contributed by atoms with Crippen molar-refractivity contribution in [3.8, 4) is 0 Å². The highest BCUT2D eigenvalue weighted by Crippen LogP contribution is 2.34. The lowest BCUT2D eigenvalue weighted by atomic mass is 9.87. The van der Waals surface area contributed by atoms with Crippen LogP contribution in [-0.4, -0.2) is 58.6 Å². The molecule has 1 N–H and O–H groups in total. The highest BCUT2D eigenvalue weighted by molar-refractivity contribution is 5.49. The number of fused-ring (bicyclic) bond motifs is 1. The van der Waals surface area contributed by atoms with Gasteiger partial charge in [-0.2, -0.15) is 0 Å². The number of carbonyl (C=O) groups excluding carboxylic acids is 1. The largest absolute Gasteiger partial charge is 0.393 e. The Bertz CT molecular complexity index is 302. The fraction of sp³-hybridized carbons (Fsp3) is 0.929. The van der Waals surface area contributed by atoms with Crippen molar-refractivity contribution in [1.82, 2.24) is 9.80 Å². The second kappa shape index (κ2) is 5.17. The molecule has 3 aliphatic rings. The summed E-state index contributed by atoms with van der Waals surface area (Å²) < 4.78 is 0. The van der Waals surface area contributed by atoms with Crippen molar-refractivity contribution in [1.29, 1.82) is 0 Å². The van der Waals surface area contributed by atoms with E-state index in [2.05, 4.69) is 4.90 Å². The Morgan fingerprint density at radius 2 is 1.72 bits per heavy atom. The molecular formula is C14H24N2O2. The summed E-state index contributed by atoms with van der Waals surface area (Å²) in [6.07, 6.45) is 8.67. The van der Waals surface area contributed by atoms with E-state index in [4.69, 9.17) is 0 Å². The third-order valence-corrected chi connectivity index (χ3v) is 5.17. The summed E-state index contributed by atoms with van der Waals surface area (Å²) in [5.41, 5.74) is 0. The van der Waals surface area contributed by atoms with E-state index < -0.39 is 0 Å². The molecule has 4 nitrogen and oxygen atoms in total. The van der Waals surface area contributed by atoms with Crippen molar-refractivity contribution < 1.29 is 9.90 Å². The predicted molar refractivity (Wildman–Crippen MR) is 69.2 cm³/mol. The summed E-state index contributed by atoms with van der Waals surface area (Å²) in [6.45, 7) is 2.12. The van der Waals surface area contributed by atoms with Crippen LogP contribution >= 0.6 is 0 Å². The molecule has 0 spiro atoms. The van der Waals surface area contributed by atoms with E-state index in [9.17, 15) is 9.90 Å². The molecule has 0 bridgehead atoms. The predicted octanol–water partition coefficient (Wildman–Crippen LogP) is 0.985. The zero-order valence-electron chi connectivity index (χ0n) is 11.0. The molecule has 2 heterocycles. The quantitative estimate of drug-likeness (QED) is 0.745. The van der Waals surface area contributed by atoms with Gasteiger partial charge < -0.3 is 10.0 Å². The fourth-order valence-electron chi connectivity index (χ4n) is 4.23. The number of likely N-dealkylation sites (tertiary alicyclic amines) is 2. The Labute approximate surface area is 109 Å². The maximum atomic E-state index is 11.1. The van der Waals surface area contributed by atoms with E-state index in [1.165, 1.54) is 19.4 Å². The van der Waals surface area contributed by atoms with Gasteiger partial charge in [-0.25, -0.2) is 0 Å². The lowest BCUT2D eigenvalue weighted by Crippen LogP contribution is -2.54. The molecular weight excluding hydrogens is 228 g/mol. The van der Waals surface area contributed by atoms with Crippen LogP contribution in [0.15, 0.2) is 0 Å². The summed E-state index contributed by atoms with van der Waals surface area (Å²) in [7, 11) is 0. The van der Waals surface area contributed by atoms with E-state index in [-0.39, 0.29) is 6.10 Å². The lowest BCUT2D eigenvalue weighted by Gasteiger charge is -2.45. The number of rotatable bonds is 2. The number of amides is 1. The van der Waals surface area contributed by atoms with E-state index in [0.29, 0.717) is 18.1 Å². The standard InChI is InChI=1S/C14H24N2O2/c17-10-15-9-7-14-13(15)2-1-8-16(14)11-3-5-12(18)6-4-11/h10-14,18H,1-9H2/t11?,12?,13-,14?/m1/s1. The van der Waals surface area contributed by atoms with E-state index >= 15 is 0 Å². The number of carbonyl (C=O) groups is 1. The zero-order chi connectivity index (χ0) is 12.5. The van der Waals surface area contributed by atoms with Crippen molar-refractivity contribution in [2.45, 2.75) is 69.2 Å². The highest BCUT2D eigenvalue weighted by Gasteiger charge is 2.42. The number of nitrogens with zero attached hydrogens (tertiary/aromatic N) is 2. The molecule has 1 saturated carbocycles. The summed E-state index contributed by atoms with van der Waals surface area (Å²) in [6, 6.07) is 1.69. The van der Waals surface area contributed by atoms with Gasteiger partial charge in [0.25, 0.3) is 0 Å². The minimum absolute atomic E-state index is 0.0723. The Balaban J connectivity index is 1.67. The van der Waals surface area contributed by atoms with E-state index in [1.54, 1.807) is 0 Å². The highest BCUT2D eigenvalue weighted by atomic mass is 16.3. The first-order chi connectivity index (χ1) is 8.79. The topological polar surface area (TPSA) is 43.8 Å². The van der Waals surface area contributed by atoms with Crippen molar-refractivity contribution in [3.63, 3.8) is 0 Å². The summed E-state index contributed by atoms with van der Waals surface area (Å²) >= 11 is 0. The number of aliphatic hydroxyl groups excluding tert-OH is 1. The molecule has 18 heavy (non-hydrogen) atoms. The first-order valence-electron chi connectivity index (χ1n) is 7.44. The maximum absolute atomic E-state index is 11.1. The molecule has 1 unspecified atom stereocenters. The van der Waals surface area contributed by atoms with Gasteiger partial charge in [0.2, 0.25) is 6.41 Å². The number of hydrogen-bond acceptors (Lipinski definition) is 3. The molecule has 0 aromatic carbocycles. The van der Waals surface area contributed by atoms with Gasteiger partial charge in [-0.05, 0) is 51.5 Å². The Kier molecular flexibility index (Phi) is 3.57. The molecule has 0 radical (unpaired) electrons. The second-order valence-corrected chi connectivity index (χ2v) is 6.11. The van der Waals surface area contributed by atoms with Crippen LogP contribution in [0.5, 0.6) is 0 Å². The van der Waals surface area contributed by atoms with Crippen LogP contribution in [0.2, 0.25) is 0 Å². The monoisotopic (exact) mass is 252 g/mol. The Morgan fingerprint density at radius 1 is 0.944 bits per heavy atom. The average molecular weight is 252 g/mol. The first kappa shape index (κ1) is 12.4. The van der Waals surface area contributed by atoms with Gasteiger partial charge in [0.05, 0.1) is 6.10 Å². The molecule has 2 atom stereocenters. The Hall–Kier alpha value is -0.610. The van der Waals surface area contributed by atoms with Crippen molar-refractivity contribution in [2.75, 3.05) is 13.1 Å². The average Bonchev–Trinajstić information content (AvgIpc) is 2.82. The van der Waals surface area contributed by atoms with Crippen molar-refractivity contribution in [3.05, 3.63) is 0 Å². The first-order valence-corrected chi connectivity index (χ1v) is 7.44. The van der Waals surface area contributed by atoms with Gasteiger partial charge in [0.1, 0.15) is 0 Å². The Morgan fingerprint density at radius 3 is 2.44 bits per heavy atom. The van der Waals surface area contributed by atoms with Gasteiger partial charge >= 0.3 is 0 Å². The van der Waals surface area contributed by atoms with Crippen LogP contribution in [0.3, 0.4) is 0 Å². The van der Waals surface area contributed by atoms with E-state index in [1.807, 2.05) is 4.90 Å². The van der Waals surface area contributed by atoms with E-state index in [0.717, 1.165) is 45.1 Å². The van der Waals surface area contributed by atoms with Gasteiger partial charge in [-0.15, -0.1) is 0 Å². The smallest absolute Gasteiger partial charge is 0.210 e. The minimum Gasteiger partial charge on any atom is -0.393 e. The van der Waals surface area contributed by atoms with Gasteiger partial charge in [-0.3, -0.25) is 9.69 Å². The molecule has 0 aromatic heterocycles. The normalized spacial score (nSPS) is 41.7. The van der Waals surface area contributed by atoms with Crippen molar-refractivity contribution >= 4 is 6.41 Å². The zero-order valence-corrected chi connectivity index (χ0v) is 11.0. The SMILES string of the molecule is O=CN1CCC2[C@H]1CCCN2C1CCC(O)CC1. The van der Waals surface area contributed by atoms with Crippen LogP contribution in [0, 0.1) is 0 Å². The van der Waals surface area contributed by atoms with Crippen LogP contribution < -0.4 is 0 Å². The summed E-state index contributed by atoms with van der Waals surface area (Å²) in [5.74, 6) is 0. The third kappa shape index (κ3) is 2.16. The van der Waals surface area contributed by atoms with Crippen LogP contribution in [0.25, 0.3) is 0 Å². The molecule has 4 heteroatoms. The summed E-state index contributed by atoms with van der Waals surface area (Å²) in [4.78, 5) is 15.7. The second-order valence-electron chi connectivity index (χ2n) is 6.11. The maximum Gasteiger partial charge on any atom is 0.210 e. The third-order valence-electron chi connectivity index (χ3n) is 5.17. The minimum atomic E-state index is -0.0723. The fourth-order valence-corrected chi connectivity index (χ4v) is 4.23. The van der Waals surface area contributed by atoms with Gasteiger partial charge in [0.15, 0.2) is 0 Å². The molecule has 3 rings (SSSR count). The number of hydrogen-bond donors (Lipinski definition) is 1. The number of piperidine rings is 1. The molecule has 102 valence electrons.